The van der Waals surface area contributed by atoms with Crippen LogP contribution < -0.4 is 15.6 Å². The van der Waals surface area contributed by atoms with Crippen LogP contribution in [-0.4, -0.2) is 37.5 Å². The summed E-state index contributed by atoms with van der Waals surface area (Å²) in [6, 6.07) is 10.0. The van der Waals surface area contributed by atoms with Crippen LogP contribution in [0.4, 0.5) is 5.69 Å². The second-order valence-electron chi connectivity index (χ2n) is 7.06. The van der Waals surface area contributed by atoms with Crippen LogP contribution in [0.5, 0.6) is 0 Å². The zero-order chi connectivity index (χ0) is 23.7. The van der Waals surface area contributed by atoms with Crippen LogP contribution >= 0.6 is 11.8 Å². The predicted octanol–water partition coefficient (Wildman–Crippen LogP) is 1.86. The van der Waals surface area contributed by atoms with Crippen LogP contribution in [0.1, 0.15) is 20.3 Å². The molecular formula is C19H23N5O5S3. The van der Waals surface area contributed by atoms with E-state index in [1.165, 1.54) is 48.2 Å². The Hall–Kier alpha value is -2.45. The molecule has 0 spiro atoms. The van der Waals surface area contributed by atoms with Crippen molar-refractivity contribution in [3.63, 3.8) is 0 Å². The van der Waals surface area contributed by atoms with Gasteiger partial charge in [0.1, 0.15) is 0 Å². The Morgan fingerprint density at radius 1 is 1.06 bits per heavy atom. The largest absolute Gasteiger partial charge is 0.325 e. The van der Waals surface area contributed by atoms with Crippen molar-refractivity contribution in [2.45, 2.75) is 47.0 Å². The van der Waals surface area contributed by atoms with Gasteiger partial charge >= 0.3 is 0 Å². The average Bonchev–Trinajstić information content (AvgIpc) is 3.03. The summed E-state index contributed by atoms with van der Waals surface area (Å²) < 4.78 is 47.9. The van der Waals surface area contributed by atoms with Gasteiger partial charge in [0, 0.05) is 12.2 Å². The lowest BCUT2D eigenvalue weighted by Gasteiger charge is -2.13. The molecule has 0 saturated carbocycles. The minimum atomic E-state index is -3.86. The van der Waals surface area contributed by atoms with Gasteiger partial charge in [-0.2, -0.15) is 0 Å². The summed E-state index contributed by atoms with van der Waals surface area (Å²) in [6.45, 7) is 4.35. The highest BCUT2D eigenvalue weighted by molar-refractivity contribution is 8.00. The fourth-order valence-electron chi connectivity index (χ4n) is 2.98. The molecule has 1 aromatic heterocycles. The fourth-order valence-corrected chi connectivity index (χ4v) is 4.98. The number of hydrogen-bond donors (Lipinski definition) is 3. The molecule has 1 amide bonds. The SMILES string of the molecule is CCCn1c(SC(C)C(=O)Nc2ccc(S(N)(=O)=O)cc2)nc2cc(S(N)(=O)=O)ccc21. The van der Waals surface area contributed by atoms with Gasteiger partial charge in [-0.3, -0.25) is 4.79 Å². The third kappa shape index (κ3) is 5.48. The van der Waals surface area contributed by atoms with Gasteiger partial charge in [0.25, 0.3) is 0 Å². The Balaban J connectivity index is 1.82. The smallest absolute Gasteiger partial charge is 0.238 e. The Bertz CT molecular complexity index is 1370. The van der Waals surface area contributed by atoms with Crippen molar-refractivity contribution in [1.29, 1.82) is 0 Å². The van der Waals surface area contributed by atoms with Crippen LogP contribution in [-0.2, 0) is 31.4 Å². The summed E-state index contributed by atoms with van der Waals surface area (Å²) in [4.78, 5) is 17.1. The van der Waals surface area contributed by atoms with E-state index in [1.807, 2.05) is 11.5 Å². The molecule has 1 unspecified atom stereocenters. The number of carbonyl (C=O) groups is 1. The highest BCUT2D eigenvalue weighted by Crippen LogP contribution is 2.29. The molecule has 13 heteroatoms. The van der Waals surface area contributed by atoms with Gasteiger partial charge in [-0.15, -0.1) is 0 Å². The molecule has 32 heavy (non-hydrogen) atoms. The molecule has 0 saturated heterocycles. The van der Waals surface area contributed by atoms with Crippen LogP contribution in [0, 0.1) is 0 Å². The van der Waals surface area contributed by atoms with Crippen LogP contribution in [0.15, 0.2) is 57.4 Å². The lowest BCUT2D eigenvalue weighted by molar-refractivity contribution is -0.115. The molecule has 0 aliphatic carbocycles. The molecule has 2 aromatic carbocycles. The van der Waals surface area contributed by atoms with E-state index in [0.717, 1.165) is 11.9 Å². The number of rotatable bonds is 8. The molecule has 0 aliphatic rings. The number of aromatic nitrogens is 2. The summed E-state index contributed by atoms with van der Waals surface area (Å²) in [5.41, 5.74) is 1.64. The Kier molecular flexibility index (Phi) is 6.95. The minimum absolute atomic E-state index is 0.0311. The lowest BCUT2D eigenvalue weighted by atomic mass is 10.3. The van der Waals surface area contributed by atoms with Crippen LogP contribution in [0.3, 0.4) is 0 Å². The number of nitrogens with zero attached hydrogens (tertiary/aromatic N) is 2. The number of anilines is 1. The van der Waals surface area contributed by atoms with Gasteiger partial charge in [-0.25, -0.2) is 32.1 Å². The second-order valence-corrected chi connectivity index (χ2v) is 11.5. The maximum atomic E-state index is 12.7. The van der Waals surface area contributed by atoms with Gasteiger partial charge in [0.05, 0.1) is 26.1 Å². The van der Waals surface area contributed by atoms with E-state index in [1.54, 1.807) is 13.0 Å². The molecule has 5 N–H and O–H groups in total. The summed E-state index contributed by atoms with van der Waals surface area (Å²) in [5, 5.41) is 13.0. The predicted molar refractivity (Wildman–Crippen MR) is 123 cm³/mol. The molecule has 0 aliphatic heterocycles. The van der Waals surface area contributed by atoms with Crippen molar-refractivity contribution in [1.82, 2.24) is 9.55 Å². The normalized spacial score (nSPS) is 13.2. The topological polar surface area (TPSA) is 167 Å². The van der Waals surface area contributed by atoms with E-state index in [2.05, 4.69) is 10.3 Å². The average molecular weight is 498 g/mol. The van der Waals surface area contributed by atoms with E-state index in [0.29, 0.717) is 22.9 Å². The van der Waals surface area contributed by atoms with Crippen molar-refractivity contribution in [2.75, 3.05) is 5.32 Å². The summed E-state index contributed by atoms with van der Waals surface area (Å²) in [5.74, 6) is -0.307. The lowest BCUT2D eigenvalue weighted by Crippen LogP contribution is -2.23. The Labute approximate surface area is 190 Å². The maximum absolute atomic E-state index is 12.7. The number of amides is 1. The monoisotopic (exact) mass is 497 g/mol. The van der Waals surface area contributed by atoms with Gasteiger partial charge in [0.15, 0.2) is 5.16 Å². The minimum Gasteiger partial charge on any atom is -0.325 e. The van der Waals surface area contributed by atoms with Crippen molar-refractivity contribution in [2.24, 2.45) is 10.3 Å². The first kappa shape index (κ1) is 24.2. The Morgan fingerprint density at radius 2 is 1.66 bits per heavy atom. The van der Waals surface area contributed by atoms with Gasteiger partial charge < -0.3 is 9.88 Å². The number of thioether (sulfide) groups is 1. The highest BCUT2D eigenvalue weighted by atomic mass is 32.2. The van der Waals surface area contributed by atoms with Gasteiger partial charge in [-0.05, 0) is 55.8 Å². The zero-order valence-electron chi connectivity index (χ0n) is 17.3. The first-order chi connectivity index (χ1) is 14.9. The summed E-state index contributed by atoms with van der Waals surface area (Å²) in [6.07, 6.45) is 0.812. The number of hydrogen-bond acceptors (Lipinski definition) is 7. The highest BCUT2D eigenvalue weighted by Gasteiger charge is 2.21. The molecule has 0 radical (unpaired) electrons. The van der Waals surface area contributed by atoms with Crippen molar-refractivity contribution in [3.8, 4) is 0 Å². The van der Waals surface area contributed by atoms with Crippen LogP contribution in [0.25, 0.3) is 11.0 Å². The molecule has 10 nitrogen and oxygen atoms in total. The zero-order valence-corrected chi connectivity index (χ0v) is 19.8. The number of aryl methyl sites for hydroxylation is 1. The third-order valence-electron chi connectivity index (χ3n) is 4.56. The number of fused-ring (bicyclic) bond motifs is 1. The number of imidazole rings is 1. The maximum Gasteiger partial charge on any atom is 0.238 e. The number of carbonyl (C=O) groups excluding carboxylic acids is 1. The first-order valence-electron chi connectivity index (χ1n) is 9.53. The van der Waals surface area contributed by atoms with Gasteiger partial charge in [-0.1, -0.05) is 18.7 Å². The van der Waals surface area contributed by atoms with E-state index < -0.39 is 25.3 Å². The number of sulfonamides is 2. The Morgan fingerprint density at radius 3 is 2.22 bits per heavy atom. The van der Waals surface area contributed by atoms with E-state index in [4.69, 9.17) is 10.3 Å². The third-order valence-corrected chi connectivity index (χ3v) is 7.49. The fraction of sp³-hybridized carbons (Fsp3) is 0.263. The number of benzene rings is 2. The van der Waals surface area contributed by atoms with Crippen molar-refractivity contribution < 1.29 is 21.6 Å². The molecule has 3 aromatic rings. The number of nitrogens with one attached hydrogen (secondary N) is 1. The quantitative estimate of drug-likeness (QED) is 0.399. The van der Waals surface area contributed by atoms with Gasteiger partial charge in [0.2, 0.25) is 26.0 Å². The number of primary sulfonamides is 2. The standard InChI is InChI=1S/C19H23N5O5S3/c1-3-10-24-17-9-8-15(32(21,28)29)11-16(17)23-19(24)30-12(2)18(25)22-13-4-6-14(7-5-13)31(20,26)27/h4-9,11-12H,3,10H2,1-2H3,(H,22,25)(H2,20,26,27)(H2,21,28,29). The first-order valence-corrected chi connectivity index (χ1v) is 13.5. The number of nitrogens with two attached hydrogens (primary N) is 2. The van der Waals surface area contributed by atoms with Crippen molar-refractivity contribution >= 4 is 54.4 Å². The van der Waals surface area contributed by atoms with E-state index >= 15 is 0 Å². The molecule has 0 fully saturated rings. The molecule has 1 atom stereocenters. The second kappa shape index (κ2) is 9.19. The molecule has 0 bridgehead atoms. The summed E-state index contributed by atoms with van der Waals surface area (Å²) in [7, 11) is -7.67. The molecule has 1 heterocycles. The molecule has 3 rings (SSSR count). The summed E-state index contributed by atoms with van der Waals surface area (Å²) >= 11 is 1.23. The molecule has 172 valence electrons. The van der Waals surface area contributed by atoms with Crippen LogP contribution in [0.2, 0.25) is 0 Å². The molecular weight excluding hydrogens is 474 g/mol. The van der Waals surface area contributed by atoms with Crippen molar-refractivity contribution in [3.05, 3.63) is 42.5 Å². The van der Waals surface area contributed by atoms with E-state index in [9.17, 15) is 21.6 Å². The van der Waals surface area contributed by atoms with E-state index in [-0.39, 0.29) is 15.7 Å².